The molecule has 2 unspecified atom stereocenters. The lowest BCUT2D eigenvalue weighted by Gasteiger charge is -2.10. The van der Waals surface area contributed by atoms with Crippen LogP contribution in [-0.2, 0) is 16.2 Å². The molecule has 0 bridgehead atoms. The van der Waals surface area contributed by atoms with Crippen LogP contribution in [-0.4, -0.2) is 18.4 Å². The monoisotopic (exact) mass is 370 g/mol. The highest BCUT2D eigenvalue weighted by molar-refractivity contribution is 5.91. The smallest absolute Gasteiger partial charge is 0.226 e. The van der Waals surface area contributed by atoms with Crippen LogP contribution in [0.3, 0.4) is 0 Å². The van der Waals surface area contributed by atoms with E-state index in [1.54, 1.807) is 18.2 Å². The molecular weight excluding hydrogens is 347 g/mol. The molecule has 0 radical (unpaired) electrons. The Kier molecular flexibility index (Phi) is 6.06. The Morgan fingerprint density at radius 3 is 2.70 bits per heavy atom. The van der Waals surface area contributed by atoms with Gasteiger partial charge >= 0.3 is 0 Å². The molecule has 3 rings (SSSR count). The first-order valence-corrected chi connectivity index (χ1v) is 9.06. The molecule has 2 amide bonds. The first-order valence-electron chi connectivity index (χ1n) is 9.06. The lowest BCUT2D eigenvalue weighted by atomic mass is 10.2. The van der Waals surface area contributed by atoms with Crippen LogP contribution in [0.25, 0.3) is 0 Å². The van der Waals surface area contributed by atoms with Crippen molar-refractivity contribution in [1.82, 2.24) is 5.32 Å². The van der Waals surface area contributed by atoms with Crippen LogP contribution in [0.15, 0.2) is 48.5 Å². The van der Waals surface area contributed by atoms with E-state index >= 15 is 0 Å². The van der Waals surface area contributed by atoms with Gasteiger partial charge in [-0.05, 0) is 42.2 Å². The Hall–Kier alpha value is -2.89. The largest absolute Gasteiger partial charge is 0.489 e. The van der Waals surface area contributed by atoms with Gasteiger partial charge in [0, 0.05) is 30.6 Å². The summed E-state index contributed by atoms with van der Waals surface area (Å²) in [5.41, 5.74) is 1.51. The van der Waals surface area contributed by atoms with Gasteiger partial charge in [0.15, 0.2) is 0 Å². The minimum atomic E-state index is -0.350. The quantitative estimate of drug-likeness (QED) is 0.747. The molecule has 142 valence electrons. The molecule has 0 heterocycles. The summed E-state index contributed by atoms with van der Waals surface area (Å²) in [6, 6.07) is 13.2. The fourth-order valence-electron chi connectivity index (χ4n) is 2.80. The van der Waals surface area contributed by atoms with Crippen molar-refractivity contribution in [1.29, 1.82) is 0 Å². The molecule has 2 aromatic rings. The van der Waals surface area contributed by atoms with Gasteiger partial charge in [-0.15, -0.1) is 0 Å². The van der Waals surface area contributed by atoms with Gasteiger partial charge in [0.2, 0.25) is 11.8 Å². The van der Waals surface area contributed by atoms with Gasteiger partial charge < -0.3 is 15.4 Å². The molecule has 1 aliphatic rings. The highest BCUT2D eigenvalue weighted by Crippen LogP contribution is 2.37. The number of anilines is 1. The predicted octanol–water partition coefficient (Wildman–Crippen LogP) is 3.51. The van der Waals surface area contributed by atoms with Gasteiger partial charge in [0.25, 0.3) is 0 Å². The molecule has 27 heavy (non-hydrogen) atoms. The van der Waals surface area contributed by atoms with Crippen molar-refractivity contribution in [2.75, 3.05) is 11.9 Å². The lowest BCUT2D eigenvalue weighted by Crippen LogP contribution is -2.29. The summed E-state index contributed by atoms with van der Waals surface area (Å²) in [4.78, 5) is 23.8. The average Bonchev–Trinajstić information content (AvgIpc) is 3.37. The maximum atomic E-state index is 13.2. The Balaban J connectivity index is 1.44. The number of hydrogen-bond acceptors (Lipinski definition) is 3. The molecule has 0 aromatic heterocycles. The molecule has 1 aliphatic carbocycles. The Morgan fingerprint density at radius 2 is 1.96 bits per heavy atom. The van der Waals surface area contributed by atoms with Gasteiger partial charge in [-0.25, -0.2) is 4.39 Å². The van der Waals surface area contributed by atoms with E-state index in [0.29, 0.717) is 23.9 Å². The summed E-state index contributed by atoms with van der Waals surface area (Å²) in [6.07, 6.45) is 1.15. The number of hydrogen-bond donors (Lipinski definition) is 2. The fourth-order valence-corrected chi connectivity index (χ4v) is 2.80. The second-order valence-electron chi connectivity index (χ2n) is 6.86. The van der Waals surface area contributed by atoms with E-state index in [1.165, 1.54) is 12.1 Å². The third kappa shape index (κ3) is 5.81. The Morgan fingerprint density at radius 1 is 1.19 bits per heavy atom. The van der Waals surface area contributed by atoms with E-state index in [-0.39, 0.29) is 36.6 Å². The van der Waals surface area contributed by atoms with Crippen LogP contribution in [0.5, 0.6) is 5.75 Å². The van der Waals surface area contributed by atoms with E-state index in [9.17, 15) is 14.0 Å². The van der Waals surface area contributed by atoms with E-state index in [4.69, 9.17) is 4.74 Å². The Labute approximate surface area is 157 Å². The topological polar surface area (TPSA) is 67.4 Å². The number of rotatable bonds is 8. The first-order chi connectivity index (χ1) is 13.0. The highest BCUT2D eigenvalue weighted by Gasteiger charge is 2.38. The zero-order chi connectivity index (χ0) is 19.2. The molecule has 2 N–H and O–H groups in total. The second kappa shape index (κ2) is 8.66. The number of amides is 2. The van der Waals surface area contributed by atoms with Crippen molar-refractivity contribution in [3.05, 3.63) is 59.9 Å². The van der Waals surface area contributed by atoms with Gasteiger partial charge in [-0.2, -0.15) is 0 Å². The molecule has 2 atom stereocenters. The second-order valence-corrected chi connectivity index (χ2v) is 6.86. The maximum absolute atomic E-state index is 13.2. The van der Waals surface area contributed by atoms with Crippen molar-refractivity contribution in [3.63, 3.8) is 0 Å². The summed E-state index contributed by atoms with van der Waals surface area (Å²) in [5, 5.41) is 5.61. The molecule has 1 saturated carbocycles. The zero-order valence-electron chi connectivity index (χ0n) is 15.2. The highest BCUT2D eigenvalue weighted by atomic mass is 19.1. The number of ether oxygens (including phenoxy) is 1. The summed E-state index contributed by atoms with van der Waals surface area (Å²) in [6.45, 7) is 2.64. The van der Waals surface area contributed by atoms with E-state index < -0.39 is 0 Å². The van der Waals surface area contributed by atoms with Gasteiger partial charge in [0.1, 0.15) is 18.2 Å². The summed E-state index contributed by atoms with van der Waals surface area (Å²) < 4.78 is 18.7. The van der Waals surface area contributed by atoms with E-state index in [1.807, 2.05) is 25.1 Å². The third-order valence-corrected chi connectivity index (χ3v) is 4.51. The minimum Gasteiger partial charge on any atom is -0.489 e. The number of carbonyl (C=O) groups is 2. The number of benzene rings is 2. The number of halogens is 1. The minimum absolute atomic E-state index is 0.0341. The maximum Gasteiger partial charge on any atom is 0.226 e. The molecule has 1 fully saturated rings. The van der Waals surface area contributed by atoms with E-state index in [2.05, 4.69) is 10.6 Å². The lowest BCUT2D eigenvalue weighted by molar-refractivity contribution is -0.122. The normalized spacial score (nSPS) is 17.9. The van der Waals surface area contributed by atoms with Crippen LogP contribution < -0.4 is 15.4 Å². The number of carbonyl (C=O) groups excluding carboxylic acids is 2. The first kappa shape index (κ1) is 18.9. The van der Waals surface area contributed by atoms with E-state index in [0.717, 1.165) is 12.0 Å². The van der Waals surface area contributed by atoms with Crippen molar-refractivity contribution in [2.45, 2.75) is 26.4 Å². The standard InChI is InChI=1S/C21H23FN2O3/c1-14-10-19(14)21(26)23-9-8-20(25)24-17-6-2-4-15(11-17)13-27-18-7-3-5-16(22)12-18/h2-7,11-12,14,19H,8-10,13H2,1H3,(H,23,26)(H,24,25). The Bertz CT molecular complexity index is 825. The molecular formula is C21H23FN2O3. The van der Waals surface area contributed by atoms with Crippen LogP contribution >= 0.6 is 0 Å². The van der Waals surface area contributed by atoms with Crippen molar-refractivity contribution < 1.29 is 18.7 Å². The van der Waals surface area contributed by atoms with Crippen LogP contribution in [0.2, 0.25) is 0 Å². The zero-order valence-corrected chi connectivity index (χ0v) is 15.2. The summed E-state index contributed by atoms with van der Waals surface area (Å²) >= 11 is 0. The van der Waals surface area contributed by atoms with Crippen LogP contribution in [0, 0.1) is 17.7 Å². The molecule has 0 saturated heterocycles. The molecule has 0 aliphatic heterocycles. The molecule has 2 aromatic carbocycles. The molecule has 6 heteroatoms. The van der Waals surface area contributed by atoms with Crippen molar-refractivity contribution >= 4 is 17.5 Å². The summed E-state index contributed by atoms with van der Waals surface area (Å²) in [7, 11) is 0. The van der Waals surface area contributed by atoms with Gasteiger partial charge in [-0.1, -0.05) is 25.1 Å². The van der Waals surface area contributed by atoms with Gasteiger partial charge in [0.05, 0.1) is 0 Å². The predicted molar refractivity (Wildman–Crippen MR) is 101 cm³/mol. The molecule has 0 spiro atoms. The molecule has 5 nitrogen and oxygen atoms in total. The average molecular weight is 370 g/mol. The summed E-state index contributed by atoms with van der Waals surface area (Å²) in [5.74, 6) is 0.537. The third-order valence-electron chi connectivity index (χ3n) is 4.51. The van der Waals surface area contributed by atoms with Crippen LogP contribution in [0.4, 0.5) is 10.1 Å². The number of nitrogens with one attached hydrogen (secondary N) is 2. The SMILES string of the molecule is CC1CC1C(=O)NCCC(=O)Nc1cccc(COc2cccc(F)c2)c1. The van der Waals surface area contributed by atoms with Gasteiger partial charge in [-0.3, -0.25) is 9.59 Å². The van der Waals surface area contributed by atoms with Crippen LogP contribution in [0.1, 0.15) is 25.3 Å². The fraction of sp³-hybridized carbons (Fsp3) is 0.333. The van der Waals surface area contributed by atoms with Crippen molar-refractivity contribution in [3.8, 4) is 5.75 Å². The van der Waals surface area contributed by atoms with Crippen molar-refractivity contribution in [2.24, 2.45) is 11.8 Å².